The zero-order chi connectivity index (χ0) is 32.2. The van der Waals surface area contributed by atoms with Gasteiger partial charge in [-0.25, -0.2) is 12.2 Å². The second-order valence-corrected chi connectivity index (χ2v) is 16.7. The van der Waals surface area contributed by atoms with Gasteiger partial charge in [0.05, 0.1) is 0 Å². The van der Waals surface area contributed by atoms with Crippen LogP contribution in [0.5, 0.6) is 0 Å². The number of halogens is 2. The molecular weight excluding hydrogens is 743 g/mol. The van der Waals surface area contributed by atoms with Crippen LogP contribution in [-0.4, -0.2) is 3.21 Å². The maximum atomic E-state index is 3.69. The second kappa shape index (κ2) is 14.7. The predicted octanol–water partition coefficient (Wildman–Crippen LogP) is 11.9. The van der Waals surface area contributed by atoms with Crippen LogP contribution in [0.2, 0.25) is 0 Å². The molecule has 6 rings (SSSR count). The van der Waals surface area contributed by atoms with Crippen LogP contribution >= 0.6 is 31.9 Å². The zero-order valence-electron chi connectivity index (χ0n) is 27.3. The van der Waals surface area contributed by atoms with Gasteiger partial charge in [0.25, 0.3) is 0 Å². The molecule has 44 heavy (non-hydrogen) atoms. The van der Waals surface area contributed by atoms with Gasteiger partial charge in [-0.05, 0) is 35.4 Å². The number of fused-ring (bicyclic) bond motifs is 3. The van der Waals surface area contributed by atoms with E-state index in [2.05, 4.69) is 172 Å². The number of aryl methyl sites for hydroxylation is 2. The van der Waals surface area contributed by atoms with Crippen molar-refractivity contribution in [1.29, 1.82) is 0 Å². The Labute approximate surface area is 297 Å². The molecule has 0 aliphatic heterocycles. The summed E-state index contributed by atoms with van der Waals surface area (Å²) in [6, 6.07) is 27.9. The van der Waals surface area contributed by atoms with Crippen molar-refractivity contribution in [2.75, 3.05) is 0 Å². The first kappa shape index (κ1) is 34.9. The van der Waals surface area contributed by atoms with Crippen molar-refractivity contribution >= 4 is 35.1 Å². The van der Waals surface area contributed by atoms with Gasteiger partial charge in [-0.1, -0.05) is 71.6 Å². The molecule has 4 aromatic rings. The Bertz CT molecular complexity index is 1570. The molecule has 0 atom stereocenters. The monoisotopic (exact) mass is 782 g/mol. The van der Waals surface area contributed by atoms with E-state index in [-0.39, 0.29) is 10.8 Å². The molecule has 224 valence electrons. The molecule has 0 aromatic heterocycles. The van der Waals surface area contributed by atoms with E-state index in [0.29, 0.717) is 0 Å². The molecule has 0 N–H and O–H groups in total. The van der Waals surface area contributed by atoms with Gasteiger partial charge in [-0.3, -0.25) is 6.08 Å². The molecule has 4 aromatic carbocycles. The molecule has 0 fully saturated rings. The van der Waals surface area contributed by atoms with Gasteiger partial charge in [0.1, 0.15) is 0 Å². The standard InChI is InChI=1S/C23H29.C13H8Br2.C5H5.Zr/c1-14-9-16-11-17-10-15(2)21(23(6,7)8)13-19(17)18(16)12-20(14)22(3,4)5;14-12-5-1-10(2-6-12)9-11-3-7-13(15)8-4-11;1-2-4-5-3-1;/h9,12-13H,11H2,1-8H3;1-8H;1-3H,4H2;/q-1;;-1;+2. The van der Waals surface area contributed by atoms with Crippen molar-refractivity contribution in [1.82, 2.24) is 0 Å². The number of benzene rings is 4. The van der Waals surface area contributed by atoms with E-state index < -0.39 is 0 Å². The Hall–Kier alpha value is -1.93. The summed E-state index contributed by atoms with van der Waals surface area (Å²) in [7, 11) is 0. The largest absolute Gasteiger partial charge is 0.273 e. The number of rotatable bonds is 2. The summed E-state index contributed by atoms with van der Waals surface area (Å²) in [5.41, 5.74) is 14.2. The topological polar surface area (TPSA) is 0 Å². The van der Waals surface area contributed by atoms with Crippen molar-refractivity contribution in [3.8, 4) is 11.1 Å². The Morgan fingerprint density at radius 2 is 1.25 bits per heavy atom. The van der Waals surface area contributed by atoms with Crippen LogP contribution in [0.15, 0.2) is 93.9 Å². The van der Waals surface area contributed by atoms with Crippen LogP contribution in [0.25, 0.3) is 11.1 Å². The minimum absolute atomic E-state index is 0.163. The summed E-state index contributed by atoms with van der Waals surface area (Å²) in [5.74, 6) is 0. The average Bonchev–Trinajstić information content (AvgIpc) is 3.63. The molecule has 0 nitrogen and oxygen atoms in total. The van der Waals surface area contributed by atoms with E-state index in [4.69, 9.17) is 0 Å². The van der Waals surface area contributed by atoms with Crippen molar-refractivity contribution < 1.29 is 24.2 Å². The quantitative estimate of drug-likeness (QED) is 0.156. The van der Waals surface area contributed by atoms with Crippen LogP contribution in [-0.2, 0) is 41.5 Å². The van der Waals surface area contributed by atoms with Gasteiger partial charge in [0.15, 0.2) is 0 Å². The van der Waals surface area contributed by atoms with Crippen LogP contribution in [0.1, 0.15) is 92.5 Å². The van der Waals surface area contributed by atoms with Crippen molar-refractivity contribution in [3.63, 3.8) is 0 Å². The fourth-order valence-corrected chi connectivity index (χ4v) is 7.11. The Kier molecular flexibility index (Phi) is 11.6. The summed E-state index contributed by atoms with van der Waals surface area (Å²) < 4.78 is 3.62. The Balaban J connectivity index is 0.000000181. The van der Waals surface area contributed by atoms with Crippen molar-refractivity contribution in [3.05, 3.63) is 151 Å². The number of hydrogen-bond donors (Lipinski definition) is 0. The van der Waals surface area contributed by atoms with E-state index in [1.54, 1.807) is 0 Å². The van der Waals surface area contributed by atoms with E-state index in [9.17, 15) is 0 Å². The third-order valence-corrected chi connectivity index (χ3v) is 10.4. The molecule has 0 heterocycles. The summed E-state index contributed by atoms with van der Waals surface area (Å²) in [4.78, 5) is 0. The van der Waals surface area contributed by atoms with Gasteiger partial charge >= 0.3 is 128 Å². The molecule has 0 radical (unpaired) electrons. The van der Waals surface area contributed by atoms with E-state index >= 15 is 0 Å². The SMILES string of the molecule is Brc1ccc([C](=[Zr+2])c2ccc(Br)cc2)cc1.Cc1[c-]c2c(cc1C(C)(C)C)-c1cc(C(C)(C)C)c(C)cc1C2.[C-]1=CC=CC1. The first-order valence-electron chi connectivity index (χ1n) is 15.2. The second-order valence-electron chi connectivity index (χ2n) is 13.6. The van der Waals surface area contributed by atoms with Gasteiger partial charge < -0.3 is 0 Å². The first-order valence-corrected chi connectivity index (χ1v) is 18.0. The Morgan fingerprint density at radius 3 is 1.68 bits per heavy atom. The minimum Gasteiger partial charge on any atom is -0.273 e. The summed E-state index contributed by atoms with van der Waals surface area (Å²) in [6.07, 6.45) is 11.0. The third kappa shape index (κ3) is 8.87. The Morgan fingerprint density at radius 1 is 0.727 bits per heavy atom. The number of hydrogen-bond acceptors (Lipinski definition) is 0. The smallest absolute Gasteiger partial charge is 0.0129 e. The van der Waals surface area contributed by atoms with Gasteiger partial charge in [-0.15, -0.1) is 23.1 Å². The maximum Gasteiger partial charge on any atom is -0.0129 e. The summed E-state index contributed by atoms with van der Waals surface area (Å²) in [5, 5.41) is 0. The van der Waals surface area contributed by atoms with Crippen LogP contribution in [0.3, 0.4) is 0 Å². The van der Waals surface area contributed by atoms with E-state index in [1.165, 1.54) is 83.1 Å². The van der Waals surface area contributed by atoms with Crippen LogP contribution in [0, 0.1) is 26.0 Å². The van der Waals surface area contributed by atoms with E-state index in [0.717, 1.165) is 21.8 Å². The zero-order valence-corrected chi connectivity index (χ0v) is 32.9. The molecule has 2 aliphatic carbocycles. The van der Waals surface area contributed by atoms with Crippen molar-refractivity contribution in [2.24, 2.45) is 0 Å². The predicted molar refractivity (Wildman–Crippen MR) is 193 cm³/mol. The van der Waals surface area contributed by atoms with E-state index in [1.807, 2.05) is 12.2 Å². The molecular formula is C41H42Br2Zr. The average molecular weight is 786 g/mol. The van der Waals surface area contributed by atoms with Crippen molar-refractivity contribution in [2.45, 2.75) is 79.1 Å². The molecule has 2 aliphatic rings. The van der Waals surface area contributed by atoms with Gasteiger partial charge in [0, 0.05) is 0 Å². The minimum atomic E-state index is 0.163. The van der Waals surface area contributed by atoms with Crippen LogP contribution in [0.4, 0.5) is 0 Å². The van der Waals surface area contributed by atoms with Crippen LogP contribution < -0.4 is 0 Å². The summed E-state index contributed by atoms with van der Waals surface area (Å²) in [6.45, 7) is 18.2. The molecule has 0 unspecified atom stereocenters. The maximum absolute atomic E-state index is 3.69. The summed E-state index contributed by atoms with van der Waals surface area (Å²) >= 11 is 8.34. The molecule has 0 saturated carbocycles. The molecule has 0 spiro atoms. The molecule has 0 amide bonds. The fourth-order valence-electron chi connectivity index (χ4n) is 5.76. The fraction of sp³-hybridized carbons (Fsp3) is 0.293. The molecule has 0 saturated heterocycles. The molecule has 3 heteroatoms. The van der Waals surface area contributed by atoms with Gasteiger partial charge in [0.2, 0.25) is 0 Å². The van der Waals surface area contributed by atoms with Gasteiger partial charge in [-0.2, -0.15) is 23.8 Å². The normalized spacial score (nSPS) is 13.0. The first-order chi connectivity index (χ1) is 20.6. The third-order valence-electron chi connectivity index (χ3n) is 7.93. The molecule has 0 bridgehead atoms. The number of allylic oxidation sites excluding steroid dienone is 4.